The summed E-state index contributed by atoms with van der Waals surface area (Å²) in [5.74, 6) is -1.20. The van der Waals surface area contributed by atoms with Crippen LogP contribution in [0, 0.1) is 11.6 Å². The summed E-state index contributed by atoms with van der Waals surface area (Å²) in [6, 6.07) is 9.91. The van der Waals surface area contributed by atoms with E-state index in [1.807, 2.05) is 0 Å². The van der Waals surface area contributed by atoms with Crippen molar-refractivity contribution in [3.8, 4) is 0 Å². The minimum atomic E-state index is -1.34. The average Bonchev–Trinajstić information content (AvgIpc) is 2.42. The molecule has 3 nitrogen and oxygen atoms in total. The lowest BCUT2D eigenvalue weighted by Gasteiger charge is -2.06. The lowest BCUT2D eigenvalue weighted by molar-refractivity contribution is -0.938. The molecule has 0 fully saturated rings. The number of aliphatic hydroxyl groups excluding tert-OH is 1. The Labute approximate surface area is 108 Å². The fourth-order valence-corrected chi connectivity index (χ4v) is 1.66. The van der Waals surface area contributed by atoms with E-state index < -0.39 is 17.7 Å². The smallest absolute Gasteiger partial charge is 0.392 e. The Kier molecular flexibility index (Phi) is 3.87. The first-order valence-corrected chi connectivity index (χ1v) is 5.48. The van der Waals surface area contributed by atoms with Crippen LogP contribution in [0.5, 0.6) is 0 Å². The Morgan fingerprint density at radius 1 is 0.947 bits per heavy atom. The second kappa shape index (κ2) is 5.58. The molecule has 0 radical (unpaired) electrons. The molecule has 0 spiro atoms. The standard InChI is InChI=1S/C14H10F2O3/c15-11-5-1-9(2-6-11)13(17)14(19-18)10-3-7-12(16)8-4-10/h1-8,13,17H. The van der Waals surface area contributed by atoms with Crippen LogP contribution < -0.4 is 5.26 Å². The predicted octanol–water partition coefficient (Wildman–Crippen LogP) is 1.69. The van der Waals surface area contributed by atoms with Gasteiger partial charge in [-0.3, -0.25) is 0 Å². The molecule has 2 aromatic carbocycles. The van der Waals surface area contributed by atoms with E-state index in [1.165, 1.54) is 24.3 Å². The zero-order valence-corrected chi connectivity index (χ0v) is 9.72. The summed E-state index contributed by atoms with van der Waals surface area (Å²) >= 11 is 0. The second-order valence-electron chi connectivity index (χ2n) is 3.91. The number of ketones is 1. The van der Waals surface area contributed by atoms with Crippen molar-refractivity contribution in [2.45, 2.75) is 6.10 Å². The molecule has 0 heterocycles. The van der Waals surface area contributed by atoms with Gasteiger partial charge in [0, 0.05) is 0 Å². The van der Waals surface area contributed by atoms with Crippen molar-refractivity contribution in [2.75, 3.05) is 0 Å². The molecular formula is C14H10F2O3. The lowest BCUT2D eigenvalue weighted by atomic mass is 10.00. The van der Waals surface area contributed by atoms with E-state index in [2.05, 4.69) is 4.58 Å². The van der Waals surface area contributed by atoms with Crippen LogP contribution in [0.4, 0.5) is 8.78 Å². The highest BCUT2D eigenvalue weighted by molar-refractivity contribution is 5.99. The van der Waals surface area contributed by atoms with E-state index in [9.17, 15) is 19.1 Å². The van der Waals surface area contributed by atoms with Crippen molar-refractivity contribution < 1.29 is 23.7 Å². The maximum absolute atomic E-state index is 12.8. The fraction of sp³-hybridized carbons (Fsp3) is 0.0714. The molecule has 0 aliphatic carbocycles. The number of halogens is 2. The van der Waals surface area contributed by atoms with Gasteiger partial charge in [0.2, 0.25) is 0 Å². The maximum atomic E-state index is 12.8. The normalized spacial score (nSPS) is 13.3. The van der Waals surface area contributed by atoms with Crippen LogP contribution in [-0.4, -0.2) is 10.9 Å². The average molecular weight is 264 g/mol. The van der Waals surface area contributed by atoms with Crippen LogP contribution in [-0.2, 0) is 0 Å². The minimum Gasteiger partial charge on any atom is -0.462 e. The van der Waals surface area contributed by atoms with Gasteiger partial charge in [0.1, 0.15) is 11.6 Å². The molecule has 0 saturated carbocycles. The molecule has 5 heteroatoms. The van der Waals surface area contributed by atoms with Gasteiger partial charge in [0.25, 0.3) is 0 Å². The Bertz CT molecular complexity index is 577. The van der Waals surface area contributed by atoms with Crippen molar-refractivity contribution in [3.63, 3.8) is 0 Å². The summed E-state index contributed by atoms with van der Waals surface area (Å²) < 4.78 is 29.5. The third-order valence-corrected chi connectivity index (χ3v) is 2.65. The van der Waals surface area contributed by atoms with Gasteiger partial charge in [0.15, 0.2) is 6.10 Å². The number of rotatable bonds is 3. The van der Waals surface area contributed by atoms with Crippen LogP contribution in [0.25, 0.3) is 0 Å². The topological polar surface area (TPSA) is 54.6 Å². The van der Waals surface area contributed by atoms with Crippen molar-refractivity contribution in [1.82, 2.24) is 0 Å². The monoisotopic (exact) mass is 264 g/mol. The SMILES string of the molecule is [O-][O+]=C(c1ccc(F)cc1)C(O)c1ccc(F)cc1. The summed E-state index contributed by atoms with van der Waals surface area (Å²) in [4.78, 5) is 0. The number of carbonyl (C=O) groups excluding carboxylic acids is 1. The molecule has 2 rings (SSSR count). The zero-order valence-electron chi connectivity index (χ0n) is 9.72. The van der Waals surface area contributed by atoms with Gasteiger partial charge >= 0.3 is 5.78 Å². The van der Waals surface area contributed by atoms with Crippen molar-refractivity contribution in [2.24, 2.45) is 0 Å². The molecule has 0 aromatic heterocycles. The molecule has 0 aliphatic heterocycles. The van der Waals surface area contributed by atoms with Crippen LogP contribution >= 0.6 is 0 Å². The minimum absolute atomic E-state index is 0.258. The van der Waals surface area contributed by atoms with E-state index in [-0.39, 0.29) is 11.3 Å². The van der Waals surface area contributed by atoms with Crippen molar-refractivity contribution in [3.05, 3.63) is 71.3 Å². The molecule has 1 atom stereocenters. The van der Waals surface area contributed by atoms with Crippen LogP contribution in [0.2, 0.25) is 0 Å². The van der Waals surface area contributed by atoms with E-state index in [1.54, 1.807) is 0 Å². The van der Waals surface area contributed by atoms with E-state index in [0.29, 0.717) is 5.56 Å². The molecule has 0 bridgehead atoms. The number of hydrogen-bond donors (Lipinski definition) is 1. The van der Waals surface area contributed by atoms with Crippen LogP contribution in [0.15, 0.2) is 48.5 Å². The summed E-state index contributed by atoms with van der Waals surface area (Å²) in [5.41, 5.74) is 0.560. The first-order chi connectivity index (χ1) is 9.11. The third kappa shape index (κ3) is 2.95. The van der Waals surface area contributed by atoms with Gasteiger partial charge in [-0.15, -0.1) is 0 Å². The quantitative estimate of drug-likeness (QED) is 0.397. The lowest BCUT2D eigenvalue weighted by Crippen LogP contribution is -2.17. The first kappa shape index (κ1) is 13.2. The number of benzene rings is 2. The van der Waals surface area contributed by atoms with Gasteiger partial charge in [-0.05, 0) is 42.0 Å². The Hall–Kier alpha value is -2.27. The van der Waals surface area contributed by atoms with Crippen molar-refractivity contribution in [1.29, 1.82) is 0 Å². The fourth-order valence-electron chi connectivity index (χ4n) is 1.66. The maximum Gasteiger partial charge on any atom is 0.392 e. The third-order valence-electron chi connectivity index (χ3n) is 2.65. The molecule has 0 amide bonds. The summed E-state index contributed by atoms with van der Waals surface area (Å²) in [6.07, 6.45) is -1.34. The predicted molar refractivity (Wildman–Crippen MR) is 62.1 cm³/mol. The number of hydrogen-bond acceptors (Lipinski definition) is 2. The molecular weight excluding hydrogens is 254 g/mol. The summed E-state index contributed by atoms with van der Waals surface area (Å²) in [6.45, 7) is 0. The Morgan fingerprint density at radius 3 is 1.89 bits per heavy atom. The van der Waals surface area contributed by atoms with Gasteiger partial charge in [-0.25, -0.2) is 8.78 Å². The largest absolute Gasteiger partial charge is 0.462 e. The van der Waals surface area contributed by atoms with E-state index in [0.717, 1.165) is 24.3 Å². The number of aliphatic hydroxyl groups is 1. The highest BCUT2D eigenvalue weighted by Gasteiger charge is 2.27. The molecule has 98 valence electrons. The highest BCUT2D eigenvalue weighted by atomic mass is 19.1. The second-order valence-corrected chi connectivity index (χ2v) is 3.91. The van der Waals surface area contributed by atoms with Crippen molar-refractivity contribution >= 4 is 5.78 Å². The highest BCUT2D eigenvalue weighted by Crippen LogP contribution is 2.19. The molecule has 1 N–H and O–H groups in total. The molecule has 2 aromatic rings. The van der Waals surface area contributed by atoms with Gasteiger partial charge in [-0.1, -0.05) is 12.1 Å². The van der Waals surface area contributed by atoms with Crippen LogP contribution in [0.1, 0.15) is 21.8 Å². The van der Waals surface area contributed by atoms with E-state index in [4.69, 9.17) is 0 Å². The van der Waals surface area contributed by atoms with Gasteiger partial charge in [0.05, 0.1) is 5.56 Å². The molecule has 0 saturated heterocycles. The molecule has 0 aliphatic rings. The van der Waals surface area contributed by atoms with Gasteiger partial charge < -0.3 is 10.4 Å². The summed E-state index contributed by atoms with van der Waals surface area (Å²) in [7, 11) is 0. The molecule has 1 unspecified atom stereocenters. The zero-order chi connectivity index (χ0) is 13.8. The van der Waals surface area contributed by atoms with E-state index >= 15 is 0 Å². The summed E-state index contributed by atoms with van der Waals surface area (Å²) in [5, 5.41) is 20.7. The van der Waals surface area contributed by atoms with Gasteiger partial charge in [-0.2, -0.15) is 4.58 Å². The molecule has 19 heavy (non-hydrogen) atoms. The first-order valence-electron chi connectivity index (χ1n) is 5.48. The Balaban J connectivity index is 2.32. The van der Waals surface area contributed by atoms with Crippen LogP contribution in [0.3, 0.4) is 0 Å². The Morgan fingerprint density at radius 2 is 1.42 bits per heavy atom.